The van der Waals surface area contributed by atoms with Gasteiger partial charge in [0.05, 0.1) is 11.6 Å². The highest BCUT2D eigenvalue weighted by molar-refractivity contribution is 9.10. The van der Waals surface area contributed by atoms with Crippen LogP contribution in [0, 0.1) is 6.92 Å². The highest BCUT2D eigenvalue weighted by Crippen LogP contribution is 2.29. The lowest BCUT2D eigenvalue weighted by Crippen LogP contribution is -2.25. The van der Waals surface area contributed by atoms with Crippen LogP contribution < -0.4 is 10.3 Å². The van der Waals surface area contributed by atoms with Crippen LogP contribution in [-0.4, -0.2) is 35.1 Å². The molecule has 1 aromatic heterocycles. The Morgan fingerprint density at radius 3 is 2.70 bits per heavy atom. The van der Waals surface area contributed by atoms with Gasteiger partial charge in [-0.15, -0.1) is 0 Å². The molecule has 0 aliphatic carbocycles. The van der Waals surface area contributed by atoms with Crippen LogP contribution in [0.25, 0.3) is 6.08 Å². The van der Waals surface area contributed by atoms with E-state index in [2.05, 4.69) is 20.7 Å². The summed E-state index contributed by atoms with van der Waals surface area (Å²) in [5.41, 5.74) is 0.226. The van der Waals surface area contributed by atoms with E-state index >= 15 is 0 Å². The van der Waals surface area contributed by atoms with Gasteiger partial charge in [-0.2, -0.15) is 0 Å². The Morgan fingerprint density at radius 1 is 1.33 bits per heavy atom. The smallest absolute Gasteiger partial charge is 0.343 e. The van der Waals surface area contributed by atoms with Crippen LogP contribution >= 0.6 is 15.9 Å². The number of hydrogen-bond acceptors (Lipinski definition) is 6. The predicted molar refractivity (Wildman–Crippen MR) is 103 cm³/mol. The van der Waals surface area contributed by atoms with E-state index in [-0.39, 0.29) is 17.9 Å². The second kappa shape index (κ2) is 8.68. The molecule has 1 N–H and O–H groups in total. The van der Waals surface area contributed by atoms with Crippen molar-refractivity contribution in [1.82, 2.24) is 4.57 Å². The zero-order valence-corrected chi connectivity index (χ0v) is 16.6. The van der Waals surface area contributed by atoms with E-state index in [1.54, 1.807) is 31.2 Å². The predicted octanol–water partition coefficient (Wildman–Crippen LogP) is 2.61. The van der Waals surface area contributed by atoms with Crippen molar-refractivity contribution >= 4 is 33.8 Å². The van der Waals surface area contributed by atoms with Gasteiger partial charge in [0, 0.05) is 12.7 Å². The number of pyridine rings is 1. The van der Waals surface area contributed by atoms with Crippen molar-refractivity contribution in [1.29, 1.82) is 0 Å². The molecule has 142 valence electrons. The maximum absolute atomic E-state index is 12.4. The minimum absolute atomic E-state index is 0.232. The van der Waals surface area contributed by atoms with Gasteiger partial charge in [-0.05, 0) is 46.6 Å². The number of aromatic nitrogens is 1. The first-order valence-electron chi connectivity index (χ1n) is 7.86. The summed E-state index contributed by atoms with van der Waals surface area (Å²) in [5, 5.41) is 10.2. The number of hydrogen-bond donors (Lipinski definition) is 1. The number of esters is 1. The third-order valence-corrected chi connectivity index (χ3v) is 4.85. The van der Waals surface area contributed by atoms with Gasteiger partial charge in [-0.1, -0.05) is 18.2 Å². The fraction of sp³-hybridized carbons (Fsp3) is 0.211. The highest BCUT2D eigenvalue weighted by atomic mass is 79.9. The summed E-state index contributed by atoms with van der Waals surface area (Å²) in [6.45, 7) is 1.42. The molecular weight excluding hydrogens is 418 g/mol. The largest absolute Gasteiger partial charge is 0.506 e. The van der Waals surface area contributed by atoms with E-state index < -0.39 is 17.3 Å². The lowest BCUT2D eigenvalue weighted by Gasteiger charge is -2.10. The van der Waals surface area contributed by atoms with Crippen molar-refractivity contribution in [3.05, 3.63) is 62.0 Å². The van der Waals surface area contributed by atoms with Crippen LogP contribution in [0.3, 0.4) is 0 Å². The monoisotopic (exact) mass is 435 g/mol. The van der Waals surface area contributed by atoms with Crippen molar-refractivity contribution in [3.63, 3.8) is 0 Å². The number of aromatic hydroxyl groups is 1. The van der Waals surface area contributed by atoms with Crippen LogP contribution in [0.15, 0.2) is 39.6 Å². The Kier molecular flexibility index (Phi) is 6.57. The van der Waals surface area contributed by atoms with E-state index in [1.807, 2.05) is 0 Å². The topological polar surface area (TPSA) is 94.8 Å². The van der Waals surface area contributed by atoms with Gasteiger partial charge in [0.15, 0.2) is 12.4 Å². The fourth-order valence-corrected chi connectivity index (χ4v) is 2.70. The summed E-state index contributed by atoms with van der Waals surface area (Å²) in [6, 6.07) is 6.68. The van der Waals surface area contributed by atoms with E-state index in [1.165, 1.54) is 30.9 Å². The summed E-state index contributed by atoms with van der Waals surface area (Å²) in [6.07, 6.45) is 2.68. The first-order chi connectivity index (χ1) is 12.8. The number of carbonyl (C=O) groups excluding carboxylic acids is 2. The van der Waals surface area contributed by atoms with Crippen LogP contribution in [0.1, 0.15) is 21.6 Å². The number of ketones is 1. The normalized spacial score (nSPS) is 10.8. The molecule has 0 unspecified atom stereocenters. The first kappa shape index (κ1) is 20.4. The average Bonchev–Trinajstić information content (AvgIpc) is 2.67. The molecule has 1 heterocycles. The molecule has 0 aliphatic rings. The fourth-order valence-electron chi connectivity index (χ4n) is 2.24. The van der Waals surface area contributed by atoms with Crippen molar-refractivity contribution in [2.45, 2.75) is 6.92 Å². The lowest BCUT2D eigenvalue weighted by molar-refractivity contribution is -0.142. The molecule has 2 rings (SSSR count). The molecule has 2 aromatic rings. The minimum atomic E-state index is -0.630. The summed E-state index contributed by atoms with van der Waals surface area (Å²) in [4.78, 5) is 35.9. The summed E-state index contributed by atoms with van der Waals surface area (Å²) < 4.78 is 11.4. The van der Waals surface area contributed by atoms with Crippen molar-refractivity contribution < 1.29 is 24.2 Å². The Labute approximate surface area is 164 Å². The van der Waals surface area contributed by atoms with Gasteiger partial charge in [-0.25, -0.2) is 4.79 Å². The Hall–Kier alpha value is -2.87. The molecule has 0 fully saturated rings. The second-order valence-electron chi connectivity index (χ2n) is 5.62. The lowest BCUT2D eigenvalue weighted by atomic mass is 10.1. The van der Waals surface area contributed by atoms with Gasteiger partial charge in [-0.3, -0.25) is 9.59 Å². The van der Waals surface area contributed by atoms with Crippen LogP contribution in [0.2, 0.25) is 0 Å². The number of carbonyl (C=O) groups is 2. The molecular formula is C19H18BrNO6. The number of halogens is 1. The zero-order chi connectivity index (χ0) is 20.1. The van der Waals surface area contributed by atoms with Crippen molar-refractivity contribution in [2.75, 3.05) is 13.7 Å². The van der Waals surface area contributed by atoms with Gasteiger partial charge >= 0.3 is 5.97 Å². The second-order valence-corrected chi connectivity index (χ2v) is 6.42. The third-order valence-electron chi connectivity index (χ3n) is 3.90. The molecule has 1 aromatic carbocycles. The molecule has 0 aliphatic heterocycles. The standard InChI is InChI=1S/C19H18BrNO6/c1-11-17(20)18(24)16(19(25)21(11)2)14(22)8-7-12-5-4-6-13(9-12)27-10-15(23)26-3/h4-9,24H,10H2,1-3H3. The summed E-state index contributed by atoms with van der Waals surface area (Å²) in [5.74, 6) is -1.11. The Balaban J connectivity index is 2.26. The van der Waals surface area contributed by atoms with Gasteiger partial charge in [0.25, 0.3) is 5.56 Å². The highest BCUT2D eigenvalue weighted by Gasteiger charge is 2.20. The Bertz CT molecular complexity index is 977. The quantitative estimate of drug-likeness (QED) is 0.425. The van der Waals surface area contributed by atoms with E-state index in [9.17, 15) is 19.5 Å². The summed E-state index contributed by atoms with van der Waals surface area (Å²) in [7, 11) is 2.78. The number of methoxy groups -OCH3 is 1. The molecule has 0 saturated heterocycles. The Morgan fingerprint density at radius 2 is 2.04 bits per heavy atom. The van der Waals surface area contributed by atoms with Crippen molar-refractivity contribution in [2.24, 2.45) is 7.05 Å². The number of allylic oxidation sites excluding steroid dienone is 1. The van der Waals surface area contributed by atoms with Crippen LogP contribution in [0.5, 0.6) is 11.5 Å². The third kappa shape index (κ3) is 4.65. The van der Waals surface area contributed by atoms with Gasteiger partial charge < -0.3 is 19.1 Å². The first-order valence-corrected chi connectivity index (χ1v) is 8.65. The van der Waals surface area contributed by atoms with E-state index in [0.717, 1.165) is 0 Å². The van der Waals surface area contributed by atoms with Crippen molar-refractivity contribution in [3.8, 4) is 11.5 Å². The number of ether oxygens (including phenoxy) is 2. The van der Waals surface area contributed by atoms with E-state index in [0.29, 0.717) is 21.5 Å². The van der Waals surface area contributed by atoms with E-state index in [4.69, 9.17) is 4.74 Å². The van der Waals surface area contributed by atoms with Crippen LogP contribution in [0.4, 0.5) is 0 Å². The molecule has 0 spiro atoms. The maximum atomic E-state index is 12.4. The number of benzene rings is 1. The van der Waals surface area contributed by atoms with Gasteiger partial charge in [0.2, 0.25) is 0 Å². The van der Waals surface area contributed by atoms with Crippen LogP contribution in [-0.2, 0) is 16.6 Å². The molecule has 8 heteroatoms. The molecule has 0 radical (unpaired) electrons. The molecule has 0 saturated carbocycles. The molecule has 7 nitrogen and oxygen atoms in total. The molecule has 0 atom stereocenters. The average molecular weight is 436 g/mol. The summed E-state index contributed by atoms with van der Waals surface area (Å²) >= 11 is 3.18. The van der Waals surface area contributed by atoms with Gasteiger partial charge in [0.1, 0.15) is 17.1 Å². The zero-order valence-electron chi connectivity index (χ0n) is 15.0. The molecule has 0 amide bonds. The minimum Gasteiger partial charge on any atom is -0.506 e. The molecule has 27 heavy (non-hydrogen) atoms. The number of nitrogens with zero attached hydrogens (tertiary/aromatic N) is 1. The SMILES string of the molecule is COC(=O)COc1cccc(C=CC(=O)c2c(O)c(Br)c(C)n(C)c2=O)c1. The molecule has 0 bridgehead atoms. The number of rotatable bonds is 6. The maximum Gasteiger partial charge on any atom is 0.343 e.